The smallest absolute Gasteiger partial charge is 0.0555 e. The van der Waals surface area contributed by atoms with Gasteiger partial charge in [0.1, 0.15) is 0 Å². The lowest BCUT2D eigenvalue weighted by Crippen LogP contribution is -1.92. The van der Waals surface area contributed by atoms with Crippen LogP contribution in [0.1, 0.15) is 5.56 Å². The van der Waals surface area contributed by atoms with Crippen LogP contribution < -0.4 is 0 Å². The van der Waals surface area contributed by atoms with E-state index in [0.29, 0.717) is 0 Å². The largest absolute Gasteiger partial charge is 0.309 e. The van der Waals surface area contributed by atoms with Crippen LogP contribution >= 0.6 is 34.7 Å². The highest BCUT2D eigenvalue weighted by molar-refractivity contribution is 8.59. The quantitative estimate of drug-likeness (QED) is 0.161. The molecule has 0 atom stereocenters. The summed E-state index contributed by atoms with van der Waals surface area (Å²) in [5, 5.41) is 5.40. The first-order valence-electron chi connectivity index (χ1n) is 11.4. The second-order valence-electron chi connectivity index (χ2n) is 8.28. The zero-order valence-electron chi connectivity index (χ0n) is 19.3. The van der Waals surface area contributed by atoms with Crippen molar-refractivity contribution in [3.63, 3.8) is 0 Å². The Hall–Kier alpha value is -3.18. The van der Waals surface area contributed by atoms with E-state index < -0.39 is 0 Å². The SMILES string of the molecule is Cc1ccccc1.SS.c1ccc(-n2c3ccccc3c3c4sc5ccccc5c4ccc32)cc1. The van der Waals surface area contributed by atoms with E-state index >= 15 is 0 Å². The average molecular weight is 508 g/mol. The topological polar surface area (TPSA) is 4.93 Å². The van der Waals surface area contributed by atoms with Gasteiger partial charge in [-0.1, -0.05) is 96.6 Å². The number of fused-ring (bicyclic) bond motifs is 7. The minimum Gasteiger partial charge on any atom is -0.309 e. The molecule has 172 valence electrons. The molecule has 0 saturated carbocycles. The first-order chi connectivity index (χ1) is 17.3. The minimum atomic E-state index is 1.21. The van der Waals surface area contributed by atoms with Crippen LogP contribution in [0.5, 0.6) is 0 Å². The van der Waals surface area contributed by atoms with Crippen molar-refractivity contribution in [3.05, 3.63) is 127 Å². The Balaban J connectivity index is 0.000000242. The van der Waals surface area contributed by atoms with Crippen LogP contribution in [0.2, 0.25) is 0 Å². The molecule has 0 aliphatic heterocycles. The Bertz CT molecular complexity index is 1710. The summed E-state index contributed by atoms with van der Waals surface area (Å²) in [5.74, 6) is 0. The maximum atomic E-state index is 3.22. The molecule has 35 heavy (non-hydrogen) atoms. The number of aromatic nitrogens is 1. The first kappa shape index (κ1) is 23.6. The van der Waals surface area contributed by atoms with Gasteiger partial charge in [0.15, 0.2) is 0 Å². The Morgan fingerprint density at radius 3 is 1.83 bits per heavy atom. The minimum absolute atomic E-state index is 1.21. The molecule has 0 radical (unpaired) electrons. The van der Waals surface area contributed by atoms with Gasteiger partial charge in [0.25, 0.3) is 0 Å². The summed E-state index contributed by atoms with van der Waals surface area (Å²) >= 11 is 8.35. The highest BCUT2D eigenvalue weighted by atomic mass is 33.1. The molecule has 0 fully saturated rings. The maximum Gasteiger partial charge on any atom is 0.0555 e. The van der Waals surface area contributed by atoms with Crippen molar-refractivity contribution in [2.75, 3.05) is 0 Å². The van der Waals surface area contributed by atoms with Gasteiger partial charge >= 0.3 is 0 Å². The van der Waals surface area contributed by atoms with Crippen molar-refractivity contribution in [1.82, 2.24) is 4.57 Å². The van der Waals surface area contributed by atoms with Crippen molar-refractivity contribution in [3.8, 4) is 5.69 Å². The predicted octanol–water partition coefficient (Wildman–Crippen LogP) is 9.91. The first-order valence-corrected chi connectivity index (χ1v) is 13.8. The van der Waals surface area contributed by atoms with Gasteiger partial charge in [-0.3, -0.25) is 0 Å². The summed E-state index contributed by atoms with van der Waals surface area (Å²) in [6, 6.07) is 42.9. The van der Waals surface area contributed by atoms with Gasteiger partial charge in [0.2, 0.25) is 0 Å². The van der Waals surface area contributed by atoms with Crippen molar-refractivity contribution >= 4 is 76.6 Å². The third-order valence-electron chi connectivity index (χ3n) is 6.13. The molecular formula is C31H25NS3. The summed E-state index contributed by atoms with van der Waals surface area (Å²) in [4.78, 5) is 0. The Labute approximate surface area is 219 Å². The van der Waals surface area contributed by atoms with Crippen LogP contribution in [0, 0.1) is 6.92 Å². The van der Waals surface area contributed by atoms with Gasteiger partial charge in [-0.15, -0.1) is 34.7 Å². The number of hydrogen-bond donors (Lipinski definition) is 2. The number of thiol groups is 2. The summed E-state index contributed by atoms with van der Waals surface area (Å²) in [6.45, 7) is 2.08. The van der Waals surface area contributed by atoms with Crippen molar-refractivity contribution in [2.45, 2.75) is 6.92 Å². The fourth-order valence-electron chi connectivity index (χ4n) is 4.62. The molecule has 5 aromatic carbocycles. The molecule has 2 aromatic heterocycles. The second-order valence-corrected chi connectivity index (χ2v) is 9.33. The normalized spacial score (nSPS) is 10.7. The van der Waals surface area contributed by atoms with Gasteiger partial charge in [0, 0.05) is 36.6 Å². The van der Waals surface area contributed by atoms with Gasteiger partial charge in [-0.05, 0) is 37.3 Å². The van der Waals surface area contributed by atoms with Crippen molar-refractivity contribution in [1.29, 1.82) is 0 Å². The van der Waals surface area contributed by atoms with E-state index in [1.165, 1.54) is 53.2 Å². The Morgan fingerprint density at radius 1 is 0.543 bits per heavy atom. The van der Waals surface area contributed by atoms with Crippen LogP contribution in [-0.4, -0.2) is 4.57 Å². The summed E-state index contributed by atoms with van der Waals surface area (Å²) in [5.41, 5.74) is 5.07. The van der Waals surface area contributed by atoms with E-state index in [2.05, 4.69) is 138 Å². The molecule has 0 N–H and O–H groups in total. The molecule has 7 rings (SSSR count). The molecule has 4 heteroatoms. The number of thiophene rings is 1. The molecule has 0 aliphatic carbocycles. The lowest BCUT2D eigenvalue weighted by molar-refractivity contribution is 1.18. The van der Waals surface area contributed by atoms with E-state index in [4.69, 9.17) is 0 Å². The van der Waals surface area contributed by atoms with E-state index in [9.17, 15) is 0 Å². The zero-order chi connectivity index (χ0) is 24.2. The number of para-hydroxylation sites is 2. The zero-order valence-corrected chi connectivity index (χ0v) is 21.9. The molecule has 0 unspecified atom stereocenters. The third-order valence-corrected chi connectivity index (χ3v) is 7.34. The van der Waals surface area contributed by atoms with Crippen LogP contribution in [-0.2, 0) is 0 Å². The molecule has 7 aromatic rings. The fourth-order valence-corrected chi connectivity index (χ4v) is 5.88. The lowest BCUT2D eigenvalue weighted by atomic mass is 10.1. The van der Waals surface area contributed by atoms with E-state index in [0.717, 1.165) is 0 Å². The summed E-state index contributed by atoms with van der Waals surface area (Å²) in [6.07, 6.45) is 0. The van der Waals surface area contributed by atoms with Crippen molar-refractivity contribution in [2.24, 2.45) is 0 Å². The molecule has 0 amide bonds. The molecule has 2 heterocycles. The van der Waals surface area contributed by atoms with Crippen LogP contribution in [0.25, 0.3) is 47.7 Å². The molecule has 0 saturated heterocycles. The summed E-state index contributed by atoms with van der Waals surface area (Å²) in [7, 11) is 0. The number of rotatable bonds is 1. The fraction of sp³-hybridized carbons (Fsp3) is 0.0323. The highest BCUT2D eigenvalue weighted by Gasteiger charge is 2.16. The number of nitrogens with zero attached hydrogens (tertiary/aromatic N) is 1. The summed E-state index contributed by atoms with van der Waals surface area (Å²) < 4.78 is 5.12. The van der Waals surface area contributed by atoms with Crippen LogP contribution in [0.4, 0.5) is 0 Å². The standard InChI is InChI=1S/C24H15NS.C7H8.H2S2/c1-2-8-16(9-3-1)25-20-12-6-4-11-19(20)23-21(25)15-14-18-17-10-5-7-13-22(17)26-24(18)23;1-7-5-3-2-4-6-7;1-2/h1-15H;2-6H,1H3;1-2H. The van der Waals surface area contributed by atoms with Crippen molar-refractivity contribution < 1.29 is 0 Å². The van der Waals surface area contributed by atoms with E-state index in [-0.39, 0.29) is 0 Å². The lowest BCUT2D eigenvalue weighted by Gasteiger charge is -2.07. The Kier molecular flexibility index (Phi) is 7.14. The molecule has 0 bridgehead atoms. The number of benzene rings is 5. The molecule has 1 nitrogen and oxygen atoms in total. The number of hydrogen-bond acceptors (Lipinski definition) is 3. The number of aryl methyl sites for hydroxylation is 1. The monoisotopic (exact) mass is 507 g/mol. The van der Waals surface area contributed by atoms with Gasteiger partial charge < -0.3 is 4.57 Å². The van der Waals surface area contributed by atoms with Crippen LogP contribution in [0.3, 0.4) is 0 Å². The van der Waals surface area contributed by atoms with E-state index in [1.54, 1.807) is 0 Å². The van der Waals surface area contributed by atoms with E-state index in [1.807, 2.05) is 29.5 Å². The van der Waals surface area contributed by atoms with Crippen LogP contribution in [0.15, 0.2) is 121 Å². The third kappa shape index (κ3) is 4.45. The second kappa shape index (κ2) is 10.6. The van der Waals surface area contributed by atoms with Gasteiger partial charge in [-0.2, -0.15) is 0 Å². The molecular weight excluding hydrogens is 483 g/mol. The highest BCUT2D eigenvalue weighted by Crippen LogP contribution is 2.42. The Morgan fingerprint density at radius 2 is 1.14 bits per heavy atom. The molecule has 0 aliphatic rings. The average Bonchev–Trinajstić information content (AvgIpc) is 3.47. The van der Waals surface area contributed by atoms with Gasteiger partial charge in [-0.25, -0.2) is 0 Å². The van der Waals surface area contributed by atoms with Gasteiger partial charge in [0.05, 0.1) is 11.0 Å². The molecule has 0 spiro atoms. The maximum absolute atomic E-state index is 3.22. The predicted molar refractivity (Wildman–Crippen MR) is 163 cm³/mol.